The minimum Gasteiger partial charge on any atom is -0.497 e. The molecule has 3 aromatic rings. The first-order valence-corrected chi connectivity index (χ1v) is 11.3. The number of rotatable bonds is 6. The number of hydrogen-bond acceptors (Lipinski definition) is 3. The fraction of sp³-hybridized carbons (Fsp3) is 0.385. The maximum absolute atomic E-state index is 13.2. The van der Waals surface area contributed by atoms with Crippen molar-refractivity contribution in [2.24, 2.45) is 0 Å². The van der Waals surface area contributed by atoms with Crippen LogP contribution in [-0.2, 0) is 13.1 Å². The van der Waals surface area contributed by atoms with Crippen molar-refractivity contribution >= 4 is 16.9 Å². The molecular formula is C26H31N3O3. The average molecular weight is 434 g/mol. The number of nitrogens with one attached hydrogen (secondary N) is 2. The number of carbonyl (C=O) groups excluding carboxylic acids is 1. The summed E-state index contributed by atoms with van der Waals surface area (Å²) < 4.78 is 5.24. The number of H-pyrrole nitrogens is 1. The van der Waals surface area contributed by atoms with E-state index in [0.29, 0.717) is 12.1 Å². The summed E-state index contributed by atoms with van der Waals surface area (Å²) in [6, 6.07) is 15.6. The Hall–Kier alpha value is -3.28. The Morgan fingerprint density at radius 1 is 1.06 bits per heavy atom. The van der Waals surface area contributed by atoms with E-state index in [1.165, 1.54) is 6.42 Å². The second-order valence-electron chi connectivity index (χ2n) is 8.70. The van der Waals surface area contributed by atoms with Crippen molar-refractivity contribution in [1.29, 1.82) is 0 Å². The molecule has 1 fully saturated rings. The molecule has 168 valence electrons. The van der Waals surface area contributed by atoms with Gasteiger partial charge in [-0.05, 0) is 60.5 Å². The van der Waals surface area contributed by atoms with Crippen LogP contribution in [0.2, 0.25) is 0 Å². The Balaban J connectivity index is 1.59. The number of methoxy groups -OCH3 is 1. The van der Waals surface area contributed by atoms with Crippen LogP contribution in [0.5, 0.6) is 5.75 Å². The van der Waals surface area contributed by atoms with Crippen LogP contribution in [0, 0.1) is 6.92 Å². The number of aryl methyl sites for hydroxylation is 1. The zero-order valence-corrected chi connectivity index (χ0v) is 18.8. The number of pyridine rings is 1. The normalized spacial score (nSPS) is 14.3. The number of aromatic nitrogens is 1. The van der Waals surface area contributed by atoms with Gasteiger partial charge in [0.2, 0.25) is 0 Å². The van der Waals surface area contributed by atoms with Crippen LogP contribution < -0.4 is 15.6 Å². The van der Waals surface area contributed by atoms with Gasteiger partial charge in [0.15, 0.2) is 0 Å². The van der Waals surface area contributed by atoms with Gasteiger partial charge in [-0.25, -0.2) is 4.79 Å². The Morgan fingerprint density at radius 3 is 2.53 bits per heavy atom. The van der Waals surface area contributed by atoms with Crippen LogP contribution in [0.1, 0.15) is 48.8 Å². The molecule has 2 N–H and O–H groups in total. The molecule has 0 aliphatic heterocycles. The van der Waals surface area contributed by atoms with Crippen molar-refractivity contribution < 1.29 is 9.53 Å². The van der Waals surface area contributed by atoms with Crippen LogP contribution in [0.25, 0.3) is 10.9 Å². The summed E-state index contributed by atoms with van der Waals surface area (Å²) in [6.45, 7) is 2.65. The average Bonchev–Trinajstić information content (AvgIpc) is 2.80. The summed E-state index contributed by atoms with van der Waals surface area (Å²) in [5.74, 6) is 0.772. The van der Waals surface area contributed by atoms with E-state index in [0.717, 1.165) is 53.5 Å². The largest absolute Gasteiger partial charge is 0.497 e. The van der Waals surface area contributed by atoms with Crippen molar-refractivity contribution in [1.82, 2.24) is 15.2 Å². The second-order valence-corrected chi connectivity index (χ2v) is 8.70. The molecule has 0 radical (unpaired) electrons. The number of ether oxygens (including phenoxy) is 1. The monoisotopic (exact) mass is 433 g/mol. The first kappa shape index (κ1) is 21.9. The zero-order chi connectivity index (χ0) is 22.5. The molecule has 4 rings (SSSR count). The number of aromatic amines is 1. The predicted octanol–water partition coefficient (Wildman–Crippen LogP) is 4.89. The summed E-state index contributed by atoms with van der Waals surface area (Å²) >= 11 is 0. The van der Waals surface area contributed by atoms with E-state index in [4.69, 9.17) is 4.74 Å². The van der Waals surface area contributed by atoms with Gasteiger partial charge in [-0.1, -0.05) is 43.5 Å². The molecule has 6 nitrogen and oxygen atoms in total. The fourth-order valence-corrected chi connectivity index (χ4v) is 4.35. The summed E-state index contributed by atoms with van der Waals surface area (Å²) in [6.07, 6.45) is 5.55. The molecule has 0 unspecified atom stereocenters. The van der Waals surface area contributed by atoms with E-state index in [1.54, 1.807) is 12.0 Å². The minimum absolute atomic E-state index is 0.129. The third kappa shape index (κ3) is 5.31. The predicted molar refractivity (Wildman–Crippen MR) is 127 cm³/mol. The summed E-state index contributed by atoms with van der Waals surface area (Å²) in [5.41, 5.74) is 3.31. The van der Waals surface area contributed by atoms with Gasteiger partial charge in [-0.3, -0.25) is 4.79 Å². The van der Waals surface area contributed by atoms with Crippen molar-refractivity contribution in [2.75, 3.05) is 7.11 Å². The standard InChI is InChI=1S/C26H31N3O3/c1-18-8-11-20-15-21(25(30)28-24(20)14-18)17-29(16-19-9-12-23(32-2)13-10-19)26(31)27-22-6-4-3-5-7-22/h8-15,22H,3-7,16-17H2,1-2H3,(H,27,31)(H,28,30). The van der Waals surface area contributed by atoms with Gasteiger partial charge < -0.3 is 19.9 Å². The summed E-state index contributed by atoms with van der Waals surface area (Å²) in [5, 5.41) is 4.16. The van der Waals surface area contributed by atoms with E-state index in [-0.39, 0.29) is 24.2 Å². The van der Waals surface area contributed by atoms with Gasteiger partial charge in [-0.15, -0.1) is 0 Å². The van der Waals surface area contributed by atoms with Crippen LogP contribution in [-0.4, -0.2) is 29.1 Å². The summed E-state index contributed by atoms with van der Waals surface area (Å²) in [4.78, 5) is 30.7. The molecular weight excluding hydrogens is 402 g/mol. The van der Waals surface area contributed by atoms with E-state index in [2.05, 4.69) is 10.3 Å². The molecule has 1 aliphatic rings. The third-order valence-electron chi connectivity index (χ3n) is 6.19. The topological polar surface area (TPSA) is 74.4 Å². The Kier molecular flexibility index (Phi) is 6.78. The molecule has 0 bridgehead atoms. The number of urea groups is 1. The van der Waals surface area contributed by atoms with E-state index < -0.39 is 0 Å². The number of amides is 2. The van der Waals surface area contributed by atoms with Crippen molar-refractivity contribution in [3.63, 3.8) is 0 Å². The maximum Gasteiger partial charge on any atom is 0.318 e. The van der Waals surface area contributed by atoms with Crippen LogP contribution >= 0.6 is 0 Å². The number of nitrogens with zero attached hydrogens (tertiary/aromatic N) is 1. The smallest absolute Gasteiger partial charge is 0.318 e. The van der Waals surface area contributed by atoms with E-state index in [1.807, 2.05) is 55.5 Å². The Morgan fingerprint density at radius 2 is 1.81 bits per heavy atom. The lowest BCUT2D eigenvalue weighted by atomic mass is 9.96. The minimum atomic E-state index is -0.159. The van der Waals surface area contributed by atoms with Gasteiger partial charge in [0.05, 0.1) is 13.7 Å². The molecule has 1 aromatic heterocycles. The zero-order valence-electron chi connectivity index (χ0n) is 18.8. The first-order chi connectivity index (χ1) is 15.5. The molecule has 1 aliphatic carbocycles. The van der Waals surface area contributed by atoms with Crippen LogP contribution in [0.4, 0.5) is 4.79 Å². The van der Waals surface area contributed by atoms with Gasteiger partial charge in [0.1, 0.15) is 5.75 Å². The van der Waals surface area contributed by atoms with E-state index >= 15 is 0 Å². The molecule has 1 saturated carbocycles. The molecule has 0 saturated heterocycles. The number of benzene rings is 2. The first-order valence-electron chi connectivity index (χ1n) is 11.3. The lowest BCUT2D eigenvalue weighted by molar-refractivity contribution is 0.184. The maximum atomic E-state index is 13.2. The third-order valence-corrected chi connectivity index (χ3v) is 6.19. The molecule has 2 aromatic carbocycles. The molecule has 0 spiro atoms. The van der Waals surface area contributed by atoms with Crippen molar-refractivity contribution in [3.8, 4) is 5.75 Å². The van der Waals surface area contributed by atoms with Crippen LogP contribution in [0.15, 0.2) is 53.3 Å². The SMILES string of the molecule is COc1ccc(CN(Cc2cc3ccc(C)cc3[nH]c2=O)C(=O)NC2CCCCC2)cc1. The Labute approximate surface area is 188 Å². The number of fused-ring (bicyclic) bond motifs is 1. The quantitative estimate of drug-likeness (QED) is 0.581. The van der Waals surface area contributed by atoms with Crippen molar-refractivity contribution in [3.05, 3.63) is 75.6 Å². The summed E-state index contributed by atoms with van der Waals surface area (Å²) in [7, 11) is 1.63. The highest BCUT2D eigenvalue weighted by molar-refractivity contribution is 5.80. The number of carbonyl (C=O) groups is 1. The van der Waals surface area contributed by atoms with Gasteiger partial charge in [0, 0.05) is 23.7 Å². The highest BCUT2D eigenvalue weighted by atomic mass is 16.5. The van der Waals surface area contributed by atoms with Gasteiger partial charge in [-0.2, -0.15) is 0 Å². The van der Waals surface area contributed by atoms with Crippen molar-refractivity contribution in [2.45, 2.75) is 58.2 Å². The molecule has 1 heterocycles. The Bertz CT molecular complexity index is 1130. The van der Waals surface area contributed by atoms with Gasteiger partial charge >= 0.3 is 6.03 Å². The molecule has 0 atom stereocenters. The molecule has 2 amide bonds. The van der Waals surface area contributed by atoms with E-state index in [9.17, 15) is 9.59 Å². The second kappa shape index (κ2) is 9.90. The van der Waals surface area contributed by atoms with Crippen LogP contribution in [0.3, 0.4) is 0 Å². The van der Waals surface area contributed by atoms with Gasteiger partial charge in [0.25, 0.3) is 5.56 Å². The highest BCUT2D eigenvalue weighted by Crippen LogP contribution is 2.20. The molecule has 6 heteroatoms. The highest BCUT2D eigenvalue weighted by Gasteiger charge is 2.21. The fourth-order valence-electron chi connectivity index (χ4n) is 4.35. The lowest BCUT2D eigenvalue weighted by Gasteiger charge is -2.28. The number of hydrogen-bond donors (Lipinski definition) is 2. The lowest BCUT2D eigenvalue weighted by Crippen LogP contribution is -2.45. The molecule has 32 heavy (non-hydrogen) atoms.